The third kappa shape index (κ3) is 8.73. The molecule has 232 valence electrons. The third-order valence-corrected chi connectivity index (χ3v) is 9.12. The van der Waals surface area contributed by atoms with E-state index >= 15 is 0 Å². The summed E-state index contributed by atoms with van der Waals surface area (Å²) in [5.74, 6) is -1.18. The first kappa shape index (κ1) is 33.9. The number of alkyl halides is 3. The first-order valence-electron chi connectivity index (χ1n) is 13.9. The molecule has 0 aliphatic carbocycles. The second kappa shape index (κ2) is 14.7. The van der Waals surface area contributed by atoms with Gasteiger partial charge in [-0.15, -0.1) is 0 Å². The van der Waals surface area contributed by atoms with E-state index in [0.717, 1.165) is 17.7 Å². The third-order valence-electron chi connectivity index (χ3n) is 7.02. The Bertz CT molecular complexity index is 1490. The lowest BCUT2D eigenvalue weighted by Crippen LogP contribution is -2.54. The van der Waals surface area contributed by atoms with Crippen LogP contribution in [0.5, 0.6) is 0 Å². The molecule has 12 heteroatoms. The number of hydrogen-bond donors (Lipinski definition) is 1. The number of sulfonamides is 1. The van der Waals surface area contributed by atoms with Crippen LogP contribution in [0.3, 0.4) is 0 Å². The van der Waals surface area contributed by atoms with Gasteiger partial charge in [0.25, 0.3) is 10.0 Å². The second-order valence-electron chi connectivity index (χ2n) is 10.1. The summed E-state index contributed by atoms with van der Waals surface area (Å²) in [7, 11) is -4.58. The number of halogens is 4. The van der Waals surface area contributed by atoms with Gasteiger partial charge in [-0.25, -0.2) is 8.42 Å². The topological polar surface area (TPSA) is 86.8 Å². The molecule has 0 radical (unpaired) electrons. The van der Waals surface area contributed by atoms with Crippen molar-refractivity contribution in [2.24, 2.45) is 0 Å². The molecular weight excluding hydrogens is 603 g/mol. The van der Waals surface area contributed by atoms with Gasteiger partial charge in [0, 0.05) is 12.6 Å². The minimum Gasteiger partial charge on any atom is -0.352 e. The number of nitrogens with zero attached hydrogens (tertiary/aromatic N) is 2. The summed E-state index contributed by atoms with van der Waals surface area (Å²) in [5.41, 5.74) is -0.756. The van der Waals surface area contributed by atoms with E-state index in [1.165, 1.54) is 29.2 Å². The number of hydrogen-bond acceptors (Lipinski definition) is 4. The van der Waals surface area contributed by atoms with Gasteiger partial charge in [-0.3, -0.25) is 13.9 Å². The molecule has 3 rings (SSSR count). The highest BCUT2D eigenvalue weighted by molar-refractivity contribution is 7.92. The highest BCUT2D eigenvalue weighted by atomic mass is 35.5. The van der Waals surface area contributed by atoms with Crippen molar-refractivity contribution in [1.82, 2.24) is 10.2 Å². The van der Waals surface area contributed by atoms with Gasteiger partial charge < -0.3 is 10.2 Å². The van der Waals surface area contributed by atoms with Crippen molar-refractivity contribution in [3.05, 3.63) is 95.0 Å². The normalized spacial score (nSPS) is 13.2. The van der Waals surface area contributed by atoms with Crippen LogP contribution in [0.15, 0.2) is 83.8 Å². The molecule has 0 bridgehead atoms. The number of carbonyl (C=O) groups is 2. The van der Waals surface area contributed by atoms with Crippen LogP contribution in [0.4, 0.5) is 18.9 Å². The molecule has 0 saturated heterocycles. The van der Waals surface area contributed by atoms with Gasteiger partial charge in [-0.05, 0) is 62.1 Å². The standard InChI is InChI=1S/C31H35ClF3N3O4S/c1-4-22(3)36-30(40)27(5-2)37(19-18-23-12-8-6-9-13-23)29(39)21-38(43(41,42)25-14-10-7-11-15-25)28-20-24(31(33,34)35)16-17-26(28)32/h6-17,20,22,27H,4-5,18-19,21H2,1-3H3,(H,36,40)/t22-,27-/m1/s1. The molecule has 0 fully saturated rings. The molecule has 0 saturated carbocycles. The predicted octanol–water partition coefficient (Wildman–Crippen LogP) is 6.32. The Morgan fingerprint density at radius 2 is 1.53 bits per heavy atom. The van der Waals surface area contributed by atoms with Crippen molar-refractivity contribution in [3.63, 3.8) is 0 Å². The molecule has 0 spiro atoms. The van der Waals surface area contributed by atoms with Crippen LogP contribution < -0.4 is 9.62 Å². The lowest BCUT2D eigenvalue weighted by atomic mass is 10.1. The number of anilines is 1. The maximum Gasteiger partial charge on any atom is 0.416 e. The van der Waals surface area contributed by atoms with Gasteiger partial charge >= 0.3 is 6.18 Å². The minimum absolute atomic E-state index is 0.0603. The molecule has 7 nitrogen and oxygen atoms in total. The van der Waals surface area contributed by atoms with Gasteiger partial charge in [0.05, 0.1) is 21.2 Å². The van der Waals surface area contributed by atoms with Crippen LogP contribution >= 0.6 is 11.6 Å². The van der Waals surface area contributed by atoms with Gasteiger partial charge in [0.1, 0.15) is 12.6 Å². The van der Waals surface area contributed by atoms with Crippen LogP contribution in [0.1, 0.15) is 44.7 Å². The quantitative estimate of drug-likeness (QED) is 0.238. The molecular formula is C31H35ClF3N3O4S. The predicted molar refractivity (Wildman–Crippen MR) is 161 cm³/mol. The summed E-state index contributed by atoms with van der Waals surface area (Å²) >= 11 is 6.29. The first-order valence-corrected chi connectivity index (χ1v) is 15.7. The average molecular weight is 638 g/mol. The highest BCUT2D eigenvalue weighted by Gasteiger charge is 2.37. The Hall–Kier alpha value is -3.57. The Kier molecular flexibility index (Phi) is 11.6. The number of benzene rings is 3. The summed E-state index contributed by atoms with van der Waals surface area (Å²) in [5, 5.41) is 2.58. The van der Waals surface area contributed by atoms with Crippen molar-refractivity contribution < 1.29 is 31.2 Å². The van der Waals surface area contributed by atoms with E-state index in [1.807, 2.05) is 44.2 Å². The van der Waals surface area contributed by atoms with Crippen molar-refractivity contribution >= 4 is 39.1 Å². The lowest BCUT2D eigenvalue weighted by Gasteiger charge is -2.34. The van der Waals surface area contributed by atoms with E-state index in [1.54, 1.807) is 13.0 Å². The van der Waals surface area contributed by atoms with E-state index in [0.29, 0.717) is 23.2 Å². The van der Waals surface area contributed by atoms with Gasteiger partial charge in [0.2, 0.25) is 11.8 Å². The monoisotopic (exact) mass is 637 g/mol. The van der Waals surface area contributed by atoms with Crippen molar-refractivity contribution in [3.8, 4) is 0 Å². The van der Waals surface area contributed by atoms with E-state index in [-0.39, 0.29) is 28.9 Å². The molecule has 0 aromatic heterocycles. The molecule has 3 aromatic rings. The van der Waals surface area contributed by atoms with Gasteiger partial charge in [0.15, 0.2) is 0 Å². The van der Waals surface area contributed by atoms with Crippen molar-refractivity contribution in [2.45, 2.75) is 63.2 Å². The Morgan fingerprint density at radius 1 is 0.930 bits per heavy atom. The van der Waals surface area contributed by atoms with Crippen LogP contribution in [-0.2, 0) is 32.2 Å². The SMILES string of the molecule is CC[C@@H](C)NC(=O)[C@@H](CC)N(CCc1ccccc1)C(=O)CN(c1cc(C(F)(F)F)ccc1Cl)S(=O)(=O)c1ccccc1. The first-order chi connectivity index (χ1) is 20.3. The van der Waals surface area contributed by atoms with Crippen molar-refractivity contribution in [1.29, 1.82) is 0 Å². The van der Waals surface area contributed by atoms with Crippen LogP contribution in [-0.4, -0.2) is 50.3 Å². The van der Waals surface area contributed by atoms with Gasteiger partial charge in [-0.1, -0.05) is 74.0 Å². The summed E-state index contributed by atoms with van der Waals surface area (Å²) in [6.45, 7) is 4.62. The molecule has 0 heterocycles. The zero-order valence-corrected chi connectivity index (χ0v) is 25.7. The van der Waals surface area contributed by atoms with Crippen LogP contribution in [0.2, 0.25) is 5.02 Å². The smallest absolute Gasteiger partial charge is 0.352 e. The minimum atomic E-state index is -4.80. The molecule has 43 heavy (non-hydrogen) atoms. The van der Waals surface area contributed by atoms with Crippen LogP contribution in [0.25, 0.3) is 0 Å². The Morgan fingerprint density at radius 3 is 2.09 bits per heavy atom. The molecule has 3 aromatic carbocycles. The van der Waals surface area contributed by atoms with Gasteiger partial charge in [-0.2, -0.15) is 13.2 Å². The maximum absolute atomic E-state index is 14.1. The zero-order chi connectivity index (χ0) is 31.8. The van der Waals surface area contributed by atoms with Crippen molar-refractivity contribution in [2.75, 3.05) is 17.4 Å². The Labute approximate surface area is 255 Å². The lowest BCUT2D eigenvalue weighted by molar-refractivity contribution is -0.139. The molecule has 0 unspecified atom stereocenters. The molecule has 0 aliphatic rings. The zero-order valence-electron chi connectivity index (χ0n) is 24.1. The van der Waals surface area contributed by atoms with E-state index in [9.17, 15) is 31.2 Å². The molecule has 0 aliphatic heterocycles. The number of nitrogens with one attached hydrogen (secondary N) is 1. The van der Waals surface area contributed by atoms with E-state index in [4.69, 9.17) is 11.6 Å². The largest absolute Gasteiger partial charge is 0.416 e. The maximum atomic E-state index is 14.1. The fourth-order valence-corrected chi connectivity index (χ4v) is 6.17. The second-order valence-corrected chi connectivity index (χ2v) is 12.3. The Balaban J connectivity index is 2.10. The number of rotatable bonds is 13. The average Bonchev–Trinajstić information content (AvgIpc) is 2.98. The summed E-state index contributed by atoms with van der Waals surface area (Å²) < 4.78 is 69.4. The van der Waals surface area contributed by atoms with E-state index in [2.05, 4.69) is 5.32 Å². The summed E-state index contributed by atoms with van der Waals surface area (Å²) in [6, 6.07) is 17.4. The summed E-state index contributed by atoms with van der Waals surface area (Å²) in [6.07, 6.45) is -3.57. The summed E-state index contributed by atoms with van der Waals surface area (Å²) in [4.78, 5) is 28.4. The van der Waals surface area contributed by atoms with Crippen LogP contribution in [0, 0.1) is 0 Å². The molecule has 1 N–H and O–H groups in total. The fourth-order valence-electron chi connectivity index (χ4n) is 4.45. The number of amides is 2. The fraction of sp³-hybridized carbons (Fsp3) is 0.355. The molecule has 2 atom stereocenters. The number of carbonyl (C=O) groups excluding carboxylic acids is 2. The highest BCUT2D eigenvalue weighted by Crippen LogP contribution is 2.37. The molecule has 2 amide bonds. The van der Waals surface area contributed by atoms with E-state index < -0.39 is 51.9 Å².